The Kier molecular flexibility index (Phi) is 0.952. The van der Waals surface area contributed by atoms with E-state index in [1.54, 1.807) is 0 Å². The quantitative estimate of drug-likeness (QED) is 0.422. The molecule has 0 aliphatic heterocycles. The van der Waals surface area contributed by atoms with Crippen LogP contribution in [-0.4, -0.2) is 0 Å². The second kappa shape index (κ2) is 1.46. The number of rotatable bonds is 1. The second-order valence-corrected chi connectivity index (χ2v) is 1.71. The average molecular weight is 81.1 g/mol. The molecule has 0 aromatic carbocycles. The van der Waals surface area contributed by atoms with E-state index in [1.807, 2.05) is 0 Å². The molecule has 33 valence electrons. The van der Waals surface area contributed by atoms with Gasteiger partial charge in [0.25, 0.3) is 0 Å². The van der Waals surface area contributed by atoms with Gasteiger partial charge in [-0.3, -0.25) is 0 Å². The third kappa shape index (κ3) is 0.469. The standard InChI is InChI=1S/C6H9/c1-2-6-4-3-5-6/h3-4,6H,1-2,5H2. The van der Waals surface area contributed by atoms with Crippen LogP contribution in [0.3, 0.4) is 0 Å². The van der Waals surface area contributed by atoms with Crippen LogP contribution in [-0.2, 0) is 0 Å². The number of allylic oxidation sites excluding steroid dienone is 2. The van der Waals surface area contributed by atoms with Crippen LogP contribution in [0, 0.1) is 12.8 Å². The van der Waals surface area contributed by atoms with Crippen molar-refractivity contribution in [2.45, 2.75) is 12.8 Å². The fourth-order valence-electron chi connectivity index (χ4n) is 0.543. The highest BCUT2D eigenvalue weighted by Crippen LogP contribution is 2.18. The van der Waals surface area contributed by atoms with E-state index in [0.29, 0.717) is 0 Å². The van der Waals surface area contributed by atoms with Crippen LogP contribution >= 0.6 is 0 Å². The van der Waals surface area contributed by atoms with E-state index in [2.05, 4.69) is 19.1 Å². The first-order chi connectivity index (χ1) is 2.93. The van der Waals surface area contributed by atoms with Crippen LogP contribution in [0.15, 0.2) is 12.2 Å². The minimum atomic E-state index is 0.824. The predicted octanol–water partition coefficient (Wildman–Crippen LogP) is 1.79. The Balaban J connectivity index is 2.21. The summed E-state index contributed by atoms with van der Waals surface area (Å²) in [5.41, 5.74) is 0. The van der Waals surface area contributed by atoms with Crippen LogP contribution in [0.5, 0.6) is 0 Å². The first-order valence-corrected chi connectivity index (χ1v) is 2.39. The van der Waals surface area contributed by atoms with Gasteiger partial charge in [0.05, 0.1) is 0 Å². The normalized spacial score (nSPS) is 29.8. The molecule has 0 aromatic rings. The minimum Gasteiger partial charge on any atom is -0.0877 e. The zero-order chi connectivity index (χ0) is 4.41. The van der Waals surface area contributed by atoms with Crippen molar-refractivity contribution in [2.75, 3.05) is 0 Å². The summed E-state index contributed by atoms with van der Waals surface area (Å²) in [6.45, 7) is 3.76. The average Bonchev–Trinajstić information content (AvgIpc) is 1.31. The Morgan fingerprint density at radius 3 is 2.50 bits per heavy atom. The van der Waals surface area contributed by atoms with Gasteiger partial charge in [0.1, 0.15) is 0 Å². The Morgan fingerprint density at radius 1 is 1.83 bits per heavy atom. The summed E-state index contributed by atoms with van der Waals surface area (Å²) < 4.78 is 0. The van der Waals surface area contributed by atoms with Crippen molar-refractivity contribution < 1.29 is 0 Å². The molecular formula is C6H9. The first-order valence-electron chi connectivity index (χ1n) is 2.39. The lowest BCUT2D eigenvalue weighted by atomic mass is 9.93. The molecule has 0 fully saturated rings. The minimum absolute atomic E-state index is 0.824. The maximum atomic E-state index is 3.76. The maximum Gasteiger partial charge on any atom is -0.0199 e. The highest BCUT2D eigenvalue weighted by molar-refractivity contribution is 5.01. The van der Waals surface area contributed by atoms with E-state index in [-0.39, 0.29) is 0 Å². The monoisotopic (exact) mass is 81.1 g/mol. The molecule has 0 heterocycles. The van der Waals surface area contributed by atoms with Crippen molar-refractivity contribution >= 4 is 0 Å². The van der Waals surface area contributed by atoms with Crippen molar-refractivity contribution in [2.24, 2.45) is 5.92 Å². The lowest BCUT2D eigenvalue weighted by Crippen LogP contribution is -1.99. The second-order valence-electron chi connectivity index (χ2n) is 1.71. The van der Waals surface area contributed by atoms with E-state index in [0.717, 1.165) is 12.3 Å². The molecule has 0 amide bonds. The molecule has 0 aromatic heterocycles. The molecule has 0 heteroatoms. The molecular weight excluding hydrogens is 72.1 g/mol. The Hall–Kier alpha value is -0.260. The molecule has 0 saturated heterocycles. The molecule has 1 radical (unpaired) electrons. The topological polar surface area (TPSA) is 0 Å². The summed E-state index contributed by atoms with van der Waals surface area (Å²) >= 11 is 0. The molecule has 1 unspecified atom stereocenters. The predicted molar refractivity (Wildman–Crippen MR) is 27.2 cm³/mol. The van der Waals surface area contributed by atoms with Gasteiger partial charge in [-0.15, -0.1) is 0 Å². The summed E-state index contributed by atoms with van der Waals surface area (Å²) in [6, 6.07) is 0. The summed E-state index contributed by atoms with van der Waals surface area (Å²) in [6.07, 6.45) is 6.75. The van der Waals surface area contributed by atoms with Gasteiger partial charge in [-0.2, -0.15) is 0 Å². The smallest absolute Gasteiger partial charge is 0.0199 e. The van der Waals surface area contributed by atoms with Gasteiger partial charge in [0.15, 0.2) is 0 Å². The van der Waals surface area contributed by atoms with Crippen molar-refractivity contribution in [1.82, 2.24) is 0 Å². The van der Waals surface area contributed by atoms with Gasteiger partial charge < -0.3 is 0 Å². The molecule has 0 bridgehead atoms. The van der Waals surface area contributed by atoms with E-state index in [4.69, 9.17) is 0 Å². The Labute approximate surface area is 38.9 Å². The van der Waals surface area contributed by atoms with Gasteiger partial charge >= 0.3 is 0 Å². The lowest BCUT2D eigenvalue weighted by Gasteiger charge is -2.13. The molecule has 1 aliphatic rings. The molecule has 0 N–H and O–H groups in total. The molecule has 1 aliphatic carbocycles. The number of hydrogen-bond donors (Lipinski definition) is 0. The SMILES string of the molecule is [CH2]CC1C=CC1. The lowest BCUT2D eigenvalue weighted by molar-refractivity contribution is 0.619. The highest BCUT2D eigenvalue weighted by atomic mass is 14.1. The summed E-state index contributed by atoms with van der Waals surface area (Å²) in [7, 11) is 0. The van der Waals surface area contributed by atoms with Crippen molar-refractivity contribution in [1.29, 1.82) is 0 Å². The molecule has 1 atom stereocenters. The summed E-state index contributed by atoms with van der Waals surface area (Å²) in [4.78, 5) is 0. The molecule has 1 rings (SSSR count). The van der Waals surface area contributed by atoms with Crippen LogP contribution in [0.25, 0.3) is 0 Å². The Morgan fingerprint density at radius 2 is 2.50 bits per heavy atom. The van der Waals surface area contributed by atoms with Gasteiger partial charge in [0.2, 0.25) is 0 Å². The zero-order valence-corrected chi connectivity index (χ0v) is 3.85. The molecule has 0 nitrogen and oxygen atoms in total. The number of hydrogen-bond acceptors (Lipinski definition) is 0. The van der Waals surface area contributed by atoms with Gasteiger partial charge in [-0.1, -0.05) is 19.1 Å². The van der Waals surface area contributed by atoms with Crippen LogP contribution in [0.4, 0.5) is 0 Å². The third-order valence-electron chi connectivity index (χ3n) is 1.22. The third-order valence-corrected chi connectivity index (χ3v) is 1.22. The van der Waals surface area contributed by atoms with Gasteiger partial charge in [-0.05, 0) is 18.8 Å². The van der Waals surface area contributed by atoms with E-state index in [9.17, 15) is 0 Å². The summed E-state index contributed by atoms with van der Waals surface area (Å²) in [5, 5.41) is 0. The summed E-state index contributed by atoms with van der Waals surface area (Å²) in [5.74, 6) is 0.824. The van der Waals surface area contributed by atoms with Crippen LogP contribution in [0.1, 0.15) is 12.8 Å². The van der Waals surface area contributed by atoms with Crippen molar-refractivity contribution in [3.63, 3.8) is 0 Å². The maximum absolute atomic E-state index is 3.76. The molecule has 0 spiro atoms. The molecule has 6 heavy (non-hydrogen) atoms. The Bertz CT molecular complexity index is 62.4. The highest BCUT2D eigenvalue weighted by Gasteiger charge is 2.04. The van der Waals surface area contributed by atoms with Gasteiger partial charge in [-0.25, -0.2) is 0 Å². The first kappa shape index (κ1) is 3.91. The van der Waals surface area contributed by atoms with Gasteiger partial charge in [0, 0.05) is 0 Å². The fraction of sp³-hybridized carbons (Fsp3) is 0.500. The molecule has 0 saturated carbocycles. The van der Waals surface area contributed by atoms with E-state index < -0.39 is 0 Å². The fourth-order valence-corrected chi connectivity index (χ4v) is 0.543. The van der Waals surface area contributed by atoms with E-state index >= 15 is 0 Å². The largest absolute Gasteiger partial charge is 0.0877 e. The van der Waals surface area contributed by atoms with E-state index in [1.165, 1.54) is 6.42 Å². The zero-order valence-electron chi connectivity index (χ0n) is 3.85. The van der Waals surface area contributed by atoms with Crippen molar-refractivity contribution in [3.05, 3.63) is 19.1 Å². The van der Waals surface area contributed by atoms with Crippen molar-refractivity contribution in [3.8, 4) is 0 Å². The van der Waals surface area contributed by atoms with Crippen LogP contribution in [0.2, 0.25) is 0 Å². The van der Waals surface area contributed by atoms with Crippen LogP contribution < -0.4 is 0 Å².